The van der Waals surface area contributed by atoms with Crippen LogP contribution in [-0.2, 0) is 7.05 Å². The molecule has 0 aliphatic heterocycles. The number of hydrogen-bond donors (Lipinski definition) is 1. The van der Waals surface area contributed by atoms with E-state index in [-0.39, 0.29) is 0 Å². The van der Waals surface area contributed by atoms with Crippen LogP contribution in [0.5, 0.6) is 0 Å². The van der Waals surface area contributed by atoms with Gasteiger partial charge in [-0.05, 0) is 30.3 Å². The smallest absolute Gasteiger partial charge is 0.129 e. The van der Waals surface area contributed by atoms with Crippen molar-refractivity contribution < 1.29 is 0 Å². The Morgan fingerprint density at radius 3 is 2.41 bits per heavy atom. The van der Waals surface area contributed by atoms with Crippen LogP contribution in [0, 0.1) is 0 Å². The summed E-state index contributed by atoms with van der Waals surface area (Å²) in [6, 6.07) is 15.4. The lowest BCUT2D eigenvalue weighted by Gasteiger charge is -2.07. The highest BCUT2D eigenvalue weighted by Gasteiger charge is 2.14. The number of halogens is 2. The zero-order valence-electron chi connectivity index (χ0n) is 14.4. The number of aliphatic imine (C=N–C) groups is 1. The van der Waals surface area contributed by atoms with Crippen LogP contribution in [0.15, 0.2) is 65.9 Å². The number of aryl methyl sites for hydroxylation is 1. The molecule has 134 valence electrons. The van der Waals surface area contributed by atoms with Crippen molar-refractivity contribution in [2.75, 3.05) is 5.32 Å². The zero-order valence-corrected chi connectivity index (χ0v) is 15.9. The maximum Gasteiger partial charge on any atom is 0.129 e. The summed E-state index contributed by atoms with van der Waals surface area (Å²) in [5.74, 6) is 0. The van der Waals surface area contributed by atoms with E-state index >= 15 is 0 Å². The van der Waals surface area contributed by atoms with Crippen LogP contribution in [0.25, 0.3) is 10.9 Å². The Bertz CT molecular complexity index is 1120. The summed E-state index contributed by atoms with van der Waals surface area (Å²) in [5, 5.41) is 5.42. The van der Waals surface area contributed by atoms with Crippen molar-refractivity contribution in [3.8, 4) is 0 Å². The van der Waals surface area contributed by atoms with Gasteiger partial charge in [0.05, 0.1) is 46.9 Å². The van der Waals surface area contributed by atoms with E-state index in [2.05, 4.69) is 37.0 Å². The molecule has 4 rings (SSSR count). The third-order valence-electron chi connectivity index (χ3n) is 4.20. The van der Waals surface area contributed by atoms with Gasteiger partial charge < -0.3 is 9.88 Å². The highest BCUT2D eigenvalue weighted by molar-refractivity contribution is 6.29. The number of nitrogens with zero attached hydrogens (tertiary/aromatic N) is 4. The van der Waals surface area contributed by atoms with Crippen LogP contribution >= 0.6 is 23.2 Å². The van der Waals surface area contributed by atoms with Gasteiger partial charge in [-0.15, -0.1) is 0 Å². The predicted octanol–water partition coefficient (Wildman–Crippen LogP) is 5.77. The van der Waals surface area contributed by atoms with E-state index in [9.17, 15) is 0 Å². The first-order valence-electron chi connectivity index (χ1n) is 8.23. The quantitative estimate of drug-likeness (QED) is 0.352. The molecule has 0 aliphatic rings. The van der Waals surface area contributed by atoms with Crippen LogP contribution < -0.4 is 5.32 Å². The highest BCUT2D eigenvalue weighted by Crippen LogP contribution is 2.32. The summed E-state index contributed by atoms with van der Waals surface area (Å²) in [5.41, 5.74) is 4.55. The van der Waals surface area contributed by atoms with Gasteiger partial charge in [-0.3, -0.25) is 4.99 Å². The molecular weight excluding hydrogens is 381 g/mol. The molecule has 0 bridgehead atoms. The predicted molar refractivity (Wildman–Crippen MR) is 112 cm³/mol. The molecule has 4 aromatic rings. The normalized spacial score (nSPS) is 11.4. The number of aromatic nitrogens is 3. The Hall–Kier alpha value is -2.89. The van der Waals surface area contributed by atoms with E-state index < -0.39 is 0 Å². The van der Waals surface area contributed by atoms with Crippen molar-refractivity contribution in [1.82, 2.24) is 14.5 Å². The van der Waals surface area contributed by atoms with E-state index in [4.69, 9.17) is 23.2 Å². The maximum absolute atomic E-state index is 5.89. The van der Waals surface area contributed by atoms with Crippen LogP contribution in [0.4, 0.5) is 17.1 Å². The Morgan fingerprint density at radius 2 is 1.70 bits per heavy atom. The molecule has 0 unspecified atom stereocenters. The van der Waals surface area contributed by atoms with Gasteiger partial charge in [-0.2, -0.15) is 0 Å². The summed E-state index contributed by atoms with van der Waals surface area (Å²) in [6.07, 6.45) is 5.16. The van der Waals surface area contributed by atoms with Gasteiger partial charge in [0, 0.05) is 12.4 Å². The summed E-state index contributed by atoms with van der Waals surface area (Å²) in [7, 11) is 2.01. The van der Waals surface area contributed by atoms with Crippen molar-refractivity contribution in [3.05, 3.63) is 76.9 Å². The minimum atomic E-state index is 0.441. The Labute approximate surface area is 166 Å². The largest absolute Gasteiger partial charge is 0.352 e. The number of rotatable bonds is 4. The monoisotopic (exact) mass is 395 g/mol. The summed E-state index contributed by atoms with van der Waals surface area (Å²) in [4.78, 5) is 12.7. The maximum atomic E-state index is 5.89. The molecule has 0 spiro atoms. The first kappa shape index (κ1) is 17.5. The number of nitrogens with one attached hydrogen (secondary N) is 1. The number of anilines is 2. The van der Waals surface area contributed by atoms with Crippen molar-refractivity contribution >= 4 is 57.4 Å². The molecule has 3 heterocycles. The van der Waals surface area contributed by atoms with Gasteiger partial charge >= 0.3 is 0 Å². The van der Waals surface area contributed by atoms with E-state index in [1.165, 1.54) is 0 Å². The topological polar surface area (TPSA) is 55.1 Å². The molecule has 0 saturated carbocycles. The van der Waals surface area contributed by atoms with Crippen LogP contribution in [0.3, 0.4) is 0 Å². The SMILES string of the molecule is Cn1c(/C=N\c2ccc(Cl)nc2)c(Nc2ccc(Cl)nc2)c2ccccc21. The van der Waals surface area contributed by atoms with Gasteiger partial charge in [0.15, 0.2) is 0 Å². The molecule has 0 radical (unpaired) electrons. The number of benzene rings is 1. The molecule has 1 N–H and O–H groups in total. The fraction of sp³-hybridized carbons (Fsp3) is 0.0500. The van der Waals surface area contributed by atoms with Crippen molar-refractivity contribution in [2.24, 2.45) is 12.0 Å². The molecule has 0 fully saturated rings. The second kappa shape index (κ2) is 7.39. The lowest BCUT2D eigenvalue weighted by atomic mass is 10.2. The molecule has 7 heteroatoms. The molecule has 0 amide bonds. The van der Waals surface area contributed by atoms with Crippen molar-refractivity contribution in [2.45, 2.75) is 0 Å². The third kappa shape index (κ3) is 3.65. The number of hydrogen-bond acceptors (Lipinski definition) is 4. The average molecular weight is 396 g/mol. The number of pyridine rings is 2. The third-order valence-corrected chi connectivity index (χ3v) is 4.64. The first-order chi connectivity index (χ1) is 13.1. The Kier molecular flexibility index (Phi) is 4.79. The van der Waals surface area contributed by atoms with Gasteiger partial charge in [0.25, 0.3) is 0 Å². The lowest BCUT2D eigenvalue weighted by molar-refractivity contribution is 0.959. The van der Waals surface area contributed by atoms with Crippen molar-refractivity contribution in [3.63, 3.8) is 0 Å². The first-order valence-corrected chi connectivity index (χ1v) is 8.99. The number of para-hydroxylation sites is 1. The average Bonchev–Trinajstić information content (AvgIpc) is 2.95. The summed E-state index contributed by atoms with van der Waals surface area (Å²) < 4.78 is 2.09. The summed E-state index contributed by atoms with van der Waals surface area (Å²) in [6.45, 7) is 0. The second-order valence-electron chi connectivity index (χ2n) is 5.93. The number of fused-ring (bicyclic) bond motifs is 1. The lowest BCUT2D eigenvalue weighted by Crippen LogP contribution is -1.99. The summed E-state index contributed by atoms with van der Waals surface area (Å²) >= 11 is 11.7. The Balaban J connectivity index is 1.79. The van der Waals surface area contributed by atoms with Crippen LogP contribution in [-0.4, -0.2) is 20.7 Å². The molecular formula is C20H15Cl2N5. The van der Waals surface area contributed by atoms with E-state index in [0.717, 1.165) is 33.7 Å². The fourth-order valence-corrected chi connectivity index (χ4v) is 3.09. The van der Waals surface area contributed by atoms with E-state index in [1.807, 2.05) is 37.5 Å². The van der Waals surface area contributed by atoms with Crippen molar-refractivity contribution in [1.29, 1.82) is 0 Å². The van der Waals surface area contributed by atoms with Crippen LogP contribution in [0.1, 0.15) is 5.69 Å². The Morgan fingerprint density at radius 1 is 0.963 bits per heavy atom. The molecule has 0 aliphatic carbocycles. The molecule has 3 aromatic heterocycles. The molecule has 0 atom stereocenters. The van der Waals surface area contributed by atoms with E-state index in [1.54, 1.807) is 24.5 Å². The van der Waals surface area contributed by atoms with Gasteiger partial charge in [-0.1, -0.05) is 41.4 Å². The zero-order chi connectivity index (χ0) is 18.8. The van der Waals surface area contributed by atoms with Gasteiger partial charge in [-0.25, -0.2) is 9.97 Å². The second-order valence-corrected chi connectivity index (χ2v) is 6.70. The highest BCUT2D eigenvalue weighted by atomic mass is 35.5. The minimum Gasteiger partial charge on any atom is -0.352 e. The standard InChI is InChI=1S/C20H15Cl2N5/c1-27-16-5-3-2-4-15(16)20(26-14-7-9-19(22)25-11-14)17(27)12-23-13-6-8-18(21)24-10-13/h2-12,26H,1H3/b23-12-. The molecule has 27 heavy (non-hydrogen) atoms. The fourth-order valence-electron chi connectivity index (χ4n) is 2.87. The van der Waals surface area contributed by atoms with Crippen LogP contribution in [0.2, 0.25) is 10.3 Å². The van der Waals surface area contributed by atoms with E-state index in [0.29, 0.717) is 10.3 Å². The van der Waals surface area contributed by atoms with Gasteiger partial charge in [0.2, 0.25) is 0 Å². The molecule has 1 aromatic carbocycles. The van der Waals surface area contributed by atoms with Gasteiger partial charge in [0.1, 0.15) is 10.3 Å². The molecule has 5 nitrogen and oxygen atoms in total. The molecule has 0 saturated heterocycles. The minimum absolute atomic E-state index is 0.441.